The quantitative estimate of drug-likeness (QED) is 0.250. The number of hydrogen-bond donors (Lipinski definition) is 2. The molecule has 0 aromatic heterocycles. The number of halogens is 1. The summed E-state index contributed by atoms with van der Waals surface area (Å²) in [7, 11) is 3.75. The Morgan fingerprint density at radius 2 is 2.08 bits per heavy atom. The lowest BCUT2D eigenvalue weighted by Gasteiger charge is -2.22. The molecule has 0 spiro atoms. The number of carbonyl (C=O) groups is 1. The van der Waals surface area contributed by atoms with E-state index in [0.29, 0.717) is 19.1 Å². The number of rotatable bonds is 9. The van der Waals surface area contributed by atoms with E-state index < -0.39 is 0 Å². The van der Waals surface area contributed by atoms with E-state index in [1.165, 1.54) is 0 Å². The largest absolute Gasteiger partial charge is 0.491 e. The van der Waals surface area contributed by atoms with Gasteiger partial charge in [0.1, 0.15) is 12.4 Å². The van der Waals surface area contributed by atoms with Gasteiger partial charge in [-0.2, -0.15) is 0 Å². The maximum atomic E-state index is 11.6. The SMILES string of the molecule is CN=C(NCCCC(=O)NC1CC1)N(C)CCOc1ccccc1C.I. The Labute approximate surface area is 173 Å². The molecule has 0 radical (unpaired) electrons. The van der Waals surface area contributed by atoms with Crippen molar-refractivity contribution in [2.24, 2.45) is 4.99 Å². The van der Waals surface area contributed by atoms with Crippen LogP contribution in [0.5, 0.6) is 5.75 Å². The molecule has 6 nitrogen and oxygen atoms in total. The van der Waals surface area contributed by atoms with Crippen LogP contribution in [0, 0.1) is 6.92 Å². The van der Waals surface area contributed by atoms with Crippen molar-refractivity contribution in [1.82, 2.24) is 15.5 Å². The molecule has 0 bridgehead atoms. The predicted molar refractivity (Wildman–Crippen MR) is 116 cm³/mol. The van der Waals surface area contributed by atoms with Gasteiger partial charge in [-0.05, 0) is 37.8 Å². The molecule has 2 N–H and O–H groups in total. The Bertz CT molecular complexity index is 591. The predicted octanol–water partition coefficient (Wildman–Crippen LogP) is 2.56. The van der Waals surface area contributed by atoms with E-state index in [-0.39, 0.29) is 29.9 Å². The first-order valence-electron chi connectivity index (χ1n) is 8.99. The first kappa shape index (κ1) is 22.5. The van der Waals surface area contributed by atoms with Crippen molar-refractivity contribution in [3.8, 4) is 5.75 Å². The third kappa shape index (κ3) is 8.25. The molecule has 1 aromatic rings. The molecule has 0 saturated heterocycles. The summed E-state index contributed by atoms with van der Waals surface area (Å²) < 4.78 is 5.82. The lowest BCUT2D eigenvalue weighted by atomic mass is 10.2. The van der Waals surface area contributed by atoms with E-state index in [0.717, 1.165) is 49.6 Å². The number of likely N-dealkylation sites (N-methyl/N-ethyl adjacent to an activating group) is 1. The second-order valence-electron chi connectivity index (χ2n) is 6.45. The van der Waals surface area contributed by atoms with Gasteiger partial charge in [0, 0.05) is 33.1 Å². The van der Waals surface area contributed by atoms with Gasteiger partial charge < -0.3 is 20.3 Å². The molecule has 0 aliphatic heterocycles. The maximum Gasteiger partial charge on any atom is 0.220 e. The van der Waals surface area contributed by atoms with Crippen LogP contribution in [0.1, 0.15) is 31.2 Å². The summed E-state index contributed by atoms with van der Waals surface area (Å²) in [5, 5.41) is 6.30. The first-order chi connectivity index (χ1) is 12.1. The molecule has 26 heavy (non-hydrogen) atoms. The number of aryl methyl sites for hydroxylation is 1. The molecular formula is C19H31IN4O2. The number of benzene rings is 1. The van der Waals surface area contributed by atoms with Crippen LogP contribution in [0.15, 0.2) is 29.3 Å². The minimum absolute atomic E-state index is 0. The summed E-state index contributed by atoms with van der Waals surface area (Å²) >= 11 is 0. The number of guanidine groups is 1. The molecular weight excluding hydrogens is 443 g/mol. The Balaban J connectivity index is 0.00000338. The highest BCUT2D eigenvalue weighted by molar-refractivity contribution is 14.0. The maximum absolute atomic E-state index is 11.6. The van der Waals surface area contributed by atoms with Crippen LogP contribution in [0.25, 0.3) is 0 Å². The highest BCUT2D eigenvalue weighted by atomic mass is 127. The van der Waals surface area contributed by atoms with Gasteiger partial charge in [-0.1, -0.05) is 18.2 Å². The average Bonchev–Trinajstić information content (AvgIpc) is 3.40. The Morgan fingerprint density at radius 1 is 1.35 bits per heavy atom. The Morgan fingerprint density at radius 3 is 2.73 bits per heavy atom. The lowest BCUT2D eigenvalue weighted by molar-refractivity contribution is -0.121. The van der Waals surface area contributed by atoms with Crippen LogP contribution in [0.4, 0.5) is 0 Å². The molecule has 1 saturated carbocycles. The van der Waals surface area contributed by atoms with Gasteiger partial charge >= 0.3 is 0 Å². The van der Waals surface area contributed by atoms with Crippen LogP contribution in [0.2, 0.25) is 0 Å². The Kier molecular flexibility index (Phi) is 10.4. The van der Waals surface area contributed by atoms with E-state index in [2.05, 4.69) is 15.6 Å². The molecule has 1 aliphatic carbocycles. The summed E-state index contributed by atoms with van der Waals surface area (Å²) in [5.74, 6) is 1.88. The third-order valence-corrected chi connectivity index (χ3v) is 4.16. The molecule has 1 amide bonds. The van der Waals surface area contributed by atoms with Crippen LogP contribution in [-0.2, 0) is 4.79 Å². The van der Waals surface area contributed by atoms with E-state index in [4.69, 9.17) is 4.74 Å². The third-order valence-electron chi connectivity index (χ3n) is 4.16. The smallest absolute Gasteiger partial charge is 0.220 e. The molecule has 7 heteroatoms. The van der Waals surface area contributed by atoms with E-state index in [1.807, 2.05) is 43.1 Å². The van der Waals surface area contributed by atoms with E-state index in [9.17, 15) is 4.79 Å². The number of aliphatic imine (C=N–C) groups is 1. The van der Waals surface area contributed by atoms with Gasteiger partial charge in [-0.25, -0.2) is 0 Å². The number of nitrogens with one attached hydrogen (secondary N) is 2. The highest BCUT2D eigenvalue weighted by Gasteiger charge is 2.22. The number of para-hydroxylation sites is 1. The zero-order chi connectivity index (χ0) is 18.1. The van der Waals surface area contributed by atoms with Crippen molar-refractivity contribution in [1.29, 1.82) is 0 Å². The van der Waals surface area contributed by atoms with Crippen LogP contribution in [-0.4, -0.2) is 56.6 Å². The fourth-order valence-corrected chi connectivity index (χ4v) is 2.48. The van der Waals surface area contributed by atoms with Gasteiger partial charge in [0.25, 0.3) is 0 Å². The van der Waals surface area contributed by atoms with E-state index >= 15 is 0 Å². The summed E-state index contributed by atoms with van der Waals surface area (Å²) in [4.78, 5) is 18.0. The molecule has 1 aliphatic rings. The van der Waals surface area contributed by atoms with E-state index in [1.54, 1.807) is 7.05 Å². The van der Waals surface area contributed by atoms with Crippen LogP contribution < -0.4 is 15.4 Å². The number of amides is 1. The fourth-order valence-electron chi connectivity index (χ4n) is 2.48. The topological polar surface area (TPSA) is 66.0 Å². The van der Waals surface area contributed by atoms with Gasteiger partial charge in [-0.15, -0.1) is 24.0 Å². The minimum Gasteiger partial charge on any atom is -0.491 e. The van der Waals surface area contributed by atoms with Crippen LogP contribution in [0.3, 0.4) is 0 Å². The Hall–Kier alpha value is -1.51. The summed E-state index contributed by atoms with van der Waals surface area (Å²) in [6.45, 7) is 4.09. The summed E-state index contributed by atoms with van der Waals surface area (Å²) in [6, 6.07) is 8.44. The normalized spacial score (nSPS) is 13.6. The zero-order valence-corrected chi connectivity index (χ0v) is 18.3. The van der Waals surface area contributed by atoms with Crippen LogP contribution >= 0.6 is 24.0 Å². The van der Waals surface area contributed by atoms with Gasteiger partial charge in [0.05, 0.1) is 6.54 Å². The molecule has 0 atom stereocenters. The molecule has 2 rings (SSSR count). The monoisotopic (exact) mass is 474 g/mol. The average molecular weight is 474 g/mol. The van der Waals surface area contributed by atoms with Gasteiger partial charge in [-0.3, -0.25) is 9.79 Å². The number of carbonyl (C=O) groups excluding carboxylic acids is 1. The number of ether oxygens (including phenoxy) is 1. The lowest BCUT2D eigenvalue weighted by Crippen LogP contribution is -2.41. The van der Waals surface area contributed by atoms with Crippen molar-refractivity contribution < 1.29 is 9.53 Å². The van der Waals surface area contributed by atoms with Crippen molar-refractivity contribution in [3.05, 3.63) is 29.8 Å². The molecule has 1 aromatic carbocycles. The molecule has 0 heterocycles. The number of nitrogens with zero attached hydrogens (tertiary/aromatic N) is 2. The molecule has 0 unspecified atom stereocenters. The van der Waals surface area contributed by atoms with Crippen molar-refractivity contribution >= 4 is 35.8 Å². The highest BCUT2D eigenvalue weighted by Crippen LogP contribution is 2.18. The summed E-state index contributed by atoms with van der Waals surface area (Å²) in [6.07, 6.45) is 3.61. The van der Waals surface area contributed by atoms with Crippen molar-refractivity contribution in [2.75, 3.05) is 33.8 Å². The molecule has 1 fully saturated rings. The fraction of sp³-hybridized carbons (Fsp3) is 0.579. The second-order valence-corrected chi connectivity index (χ2v) is 6.45. The van der Waals surface area contributed by atoms with Gasteiger partial charge in [0.2, 0.25) is 5.91 Å². The van der Waals surface area contributed by atoms with Crippen molar-refractivity contribution in [3.63, 3.8) is 0 Å². The van der Waals surface area contributed by atoms with Gasteiger partial charge in [0.15, 0.2) is 5.96 Å². The summed E-state index contributed by atoms with van der Waals surface area (Å²) in [5.41, 5.74) is 1.14. The van der Waals surface area contributed by atoms with Crippen molar-refractivity contribution in [2.45, 2.75) is 38.6 Å². The minimum atomic E-state index is 0. The number of hydrogen-bond acceptors (Lipinski definition) is 3. The molecule has 146 valence electrons. The standard InChI is InChI=1S/C19H30N4O2.HI/c1-15-7-4-5-8-17(15)25-14-13-23(3)19(20-2)21-12-6-9-18(24)22-16-10-11-16;/h4-5,7-8,16H,6,9-14H2,1-3H3,(H,20,21)(H,22,24);1H. The first-order valence-corrected chi connectivity index (χ1v) is 8.99. The zero-order valence-electron chi connectivity index (χ0n) is 16.0. The second kappa shape index (κ2) is 12.0.